The molecule has 4 heterocycles. The van der Waals surface area contributed by atoms with E-state index in [2.05, 4.69) is 43.4 Å². The summed E-state index contributed by atoms with van der Waals surface area (Å²) in [5.41, 5.74) is 3.36. The molecule has 2 aromatic heterocycles. The summed E-state index contributed by atoms with van der Waals surface area (Å²) in [7, 11) is 1.92. The number of hydrogen-bond acceptors (Lipinski definition) is 8. The van der Waals surface area contributed by atoms with Gasteiger partial charge in [0.2, 0.25) is 5.91 Å². The van der Waals surface area contributed by atoms with Crippen molar-refractivity contribution in [1.29, 1.82) is 0 Å². The lowest BCUT2D eigenvalue weighted by atomic mass is 10.1. The van der Waals surface area contributed by atoms with Crippen LogP contribution in [0.5, 0.6) is 0 Å². The van der Waals surface area contributed by atoms with Crippen LogP contribution in [0.4, 0.5) is 24.5 Å². The molecule has 5 rings (SSSR count). The quantitative estimate of drug-likeness (QED) is 0.275. The average molecular weight is 730 g/mol. The standard InChI is InChI=1S/C35H43ClF3N9O3/c1-5-8-28-25(20-45(4)43-28)30(7-3)46-13-15-47(16-14-46)32-27(6-2)40-22-41-33(23-11-17-51-18-12-23)44-48(34(32)50)21-31(49)42-29-10-9-24(19-26(29)36)35(37,38)39/h7,9-11,19-20,22H,5-6,8,12-18,21H2,1-4H3,(H,42,49)(H,40,41,44)/b30-7+,32-27?. The maximum Gasteiger partial charge on any atom is 0.416 e. The largest absolute Gasteiger partial charge is 0.416 e. The van der Waals surface area contributed by atoms with E-state index >= 15 is 0 Å². The number of piperazine rings is 1. The van der Waals surface area contributed by atoms with Gasteiger partial charge in [0.25, 0.3) is 5.56 Å². The summed E-state index contributed by atoms with van der Waals surface area (Å²) in [6, 6.07) is 2.66. The van der Waals surface area contributed by atoms with E-state index in [1.54, 1.807) is 0 Å². The summed E-state index contributed by atoms with van der Waals surface area (Å²) in [5, 5.41) is 10.00. The molecule has 0 atom stereocenters. The number of halogens is 4. The SMILES string of the molecule is C/C=C(\c1cn(C)nc1CCC)N1CCN(c2c(CC)ncnc(C3=CCOCC3)[nH]n(CC(=O)Nc3ccc(C(F)(F)F)cc3Cl)c2=O)CC1. The van der Waals surface area contributed by atoms with Crippen LogP contribution in [0.3, 0.4) is 0 Å². The molecule has 1 amide bonds. The number of aromatic nitrogens is 6. The van der Waals surface area contributed by atoms with Crippen LogP contribution in [0.25, 0.3) is 11.3 Å². The molecule has 0 radical (unpaired) electrons. The highest BCUT2D eigenvalue weighted by Gasteiger charge is 2.31. The fourth-order valence-electron chi connectivity index (χ4n) is 6.24. The maximum atomic E-state index is 14.6. The average Bonchev–Trinajstić information content (AvgIpc) is 3.49. The Morgan fingerprint density at radius 1 is 1.14 bits per heavy atom. The predicted molar refractivity (Wildman–Crippen MR) is 191 cm³/mol. The van der Waals surface area contributed by atoms with Crippen molar-refractivity contribution >= 4 is 40.2 Å². The van der Waals surface area contributed by atoms with Crippen molar-refractivity contribution < 1.29 is 22.7 Å². The number of nitrogens with one attached hydrogen (secondary N) is 2. The van der Waals surface area contributed by atoms with Gasteiger partial charge in [-0.15, -0.1) is 0 Å². The van der Waals surface area contributed by atoms with Gasteiger partial charge in [-0.25, -0.2) is 14.6 Å². The monoisotopic (exact) mass is 729 g/mol. The second-order valence-corrected chi connectivity index (χ2v) is 12.6. The lowest BCUT2D eigenvalue weighted by Gasteiger charge is -2.38. The first-order chi connectivity index (χ1) is 24.4. The third kappa shape index (κ3) is 9.00. The van der Waals surface area contributed by atoms with Gasteiger partial charge in [-0.1, -0.05) is 44.0 Å². The Morgan fingerprint density at radius 2 is 1.90 bits per heavy atom. The van der Waals surface area contributed by atoms with Gasteiger partial charge in [0.05, 0.1) is 40.9 Å². The van der Waals surface area contributed by atoms with E-state index in [1.807, 2.05) is 42.7 Å². The Morgan fingerprint density at radius 3 is 2.53 bits per heavy atom. The van der Waals surface area contributed by atoms with Crippen LogP contribution in [0.2, 0.25) is 5.02 Å². The number of hydrogen-bond donors (Lipinski definition) is 2. The van der Waals surface area contributed by atoms with Gasteiger partial charge in [0.1, 0.15) is 24.4 Å². The third-order valence-electron chi connectivity index (χ3n) is 8.71. The molecule has 0 bridgehead atoms. The molecular weight excluding hydrogens is 687 g/mol. The number of nitrogens with zero attached hydrogens (tertiary/aromatic N) is 7. The van der Waals surface area contributed by atoms with E-state index in [0.29, 0.717) is 69.4 Å². The molecule has 1 saturated heterocycles. The molecule has 1 aromatic carbocycles. The van der Waals surface area contributed by atoms with E-state index in [0.717, 1.165) is 53.6 Å². The number of aromatic amines is 1. The molecule has 0 saturated carbocycles. The summed E-state index contributed by atoms with van der Waals surface area (Å²) < 4.78 is 48.1. The number of ether oxygens (including phenoxy) is 1. The second-order valence-electron chi connectivity index (χ2n) is 12.2. The molecule has 16 heteroatoms. The van der Waals surface area contributed by atoms with Crippen molar-refractivity contribution in [3.63, 3.8) is 0 Å². The highest BCUT2D eigenvalue weighted by molar-refractivity contribution is 6.33. The number of benzene rings is 1. The molecule has 0 unspecified atom stereocenters. The van der Waals surface area contributed by atoms with Crippen LogP contribution in [0, 0.1) is 0 Å². The van der Waals surface area contributed by atoms with Gasteiger partial charge in [0.15, 0.2) is 0 Å². The van der Waals surface area contributed by atoms with E-state index < -0.39 is 29.8 Å². The zero-order chi connectivity index (χ0) is 36.7. The van der Waals surface area contributed by atoms with Gasteiger partial charge in [-0.3, -0.25) is 19.4 Å². The number of alkyl halides is 3. The Labute approximate surface area is 299 Å². The lowest BCUT2D eigenvalue weighted by molar-refractivity contribution is -0.137. The number of aryl methyl sites for hydroxylation is 3. The van der Waals surface area contributed by atoms with Gasteiger partial charge in [0, 0.05) is 50.7 Å². The van der Waals surface area contributed by atoms with Crippen molar-refractivity contribution in [3.8, 4) is 0 Å². The molecule has 274 valence electrons. The van der Waals surface area contributed by atoms with Gasteiger partial charge in [-0.05, 0) is 50.0 Å². The minimum atomic E-state index is -4.60. The summed E-state index contributed by atoms with van der Waals surface area (Å²) >= 11 is 6.12. The zero-order valence-corrected chi connectivity index (χ0v) is 29.9. The molecular formula is C35H43ClF3N9O3. The van der Waals surface area contributed by atoms with Crippen LogP contribution < -0.4 is 15.8 Å². The second kappa shape index (κ2) is 16.6. The lowest BCUT2D eigenvalue weighted by Crippen LogP contribution is -2.48. The Hall–Kier alpha value is -4.63. The Kier molecular flexibility index (Phi) is 12.2. The van der Waals surface area contributed by atoms with Crippen LogP contribution in [0.15, 0.2) is 47.7 Å². The summed E-state index contributed by atoms with van der Waals surface area (Å²) in [6.45, 7) is 8.56. The van der Waals surface area contributed by atoms with E-state index in [1.165, 1.54) is 11.0 Å². The van der Waals surface area contributed by atoms with Crippen molar-refractivity contribution in [2.24, 2.45) is 7.05 Å². The minimum Gasteiger partial charge on any atom is -0.377 e. The van der Waals surface area contributed by atoms with E-state index in [9.17, 15) is 22.8 Å². The predicted octanol–water partition coefficient (Wildman–Crippen LogP) is 5.64. The molecule has 1 fully saturated rings. The van der Waals surface area contributed by atoms with Crippen molar-refractivity contribution in [2.75, 3.05) is 49.6 Å². The van der Waals surface area contributed by atoms with E-state index in [4.69, 9.17) is 16.3 Å². The van der Waals surface area contributed by atoms with Crippen molar-refractivity contribution in [2.45, 2.75) is 59.2 Å². The zero-order valence-electron chi connectivity index (χ0n) is 29.2. The normalized spacial score (nSPS) is 15.5. The van der Waals surface area contributed by atoms with Crippen LogP contribution in [0.1, 0.15) is 62.0 Å². The topological polar surface area (TPSA) is 126 Å². The smallest absolute Gasteiger partial charge is 0.377 e. The number of anilines is 2. The molecule has 3 aromatic rings. The molecule has 51 heavy (non-hydrogen) atoms. The van der Waals surface area contributed by atoms with Crippen LogP contribution in [-0.2, 0) is 42.1 Å². The number of amides is 1. The number of carbonyl (C=O) groups excluding carboxylic acids is 1. The Bertz CT molecular complexity index is 1910. The fourth-order valence-corrected chi connectivity index (χ4v) is 6.46. The number of H-pyrrole nitrogens is 1. The van der Waals surface area contributed by atoms with Gasteiger partial charge < -0.3 is 19.9 Å². The fraction of sp³-hybridized carbons (Fsp3) is 0.457. The minimum absolute atomic E-state index is 0.0210. The molecule has 2 N–H and O–H groups in total. The molecule has 0 spiro atoms. The highest BCUT2D eigenvalue weighted by Crippen LogP contribution is 2.34. The van der Waals surface area contributed by atoms with Crippen molar-refractivity contribution in [3.05, 3.63) is 86.6 Å². The first-order valence-corrected chi connectivity index (χ1v) is 17.4. The first-order valence-electron chi connectivity index (χ1n) is 17.0. The highest BCUT2D eigenvalue weighted by atomic mass is 35.5. The molecule has 2 aliphatic rings. The molecule has 2 aliphatic heterocycles. The summed E-state index contributed by atoms with van der Waals surface area (Å²) in [5.74, 6) is -0.355. The van der Waals surface area contributed by atoms with Crippen LogP contribution >= 0.6 is 11.6 Å². The summed E-state index contributed by atoms with van der Waals surface area (Å²) in [4.78, 5) is 41.5. The Balaban J connectivity index is 1.50. The summed E-state index contributed by atoms with van der Waals surface area (Å²) in [6.07, 6.45) is 5.55. The van der Waals surface area contributed by atoms with Gasteiger partial charge in [-0.2, -0.15) is 18.3 Å². The van der Waals surface area contributed by atoms with Gasteiger partial charge >= 0.3 is 6.18 Å². The molecule has 0 aliphatic carbocycles. The van der Waals surface area contributed by atoms with Crippen molar-refractivity contribution in [1.82, 2.24) is 34.4 Å². The van der Waals surface area contributed by atoms with E-state index in [-0.39, 0.29) is 10.7 Å². The molecule has 12 nitrogen and oxygen atoms in total. The third-order valence-corrected chi connectivity index (χ3v) is 9.03. The maximum absolute atomic E-state index is 14.6. The van der Waals surface area contributed by atoms with Crippen LogP contribution in [-0.4, -0.2) is 79.7 Å². The first kappa shape index (κ1) is 37.6. The number of carbonyl (C=O) groups is 1. The number of allylic oxidation sites excluding steroid dienone is 1. The number of rotatable bonds is 10.